The second-order valence-electron chi connectivity index (χ2n) is 4.80. The largest absolute Gasteiger partial charge is 0.291 e. The van der Waals surface area contributed by atoms with E-state index in [4.69, 9.17) is 11.6 Å². The molecule has 0 fully saturated rings. The molecule has 0 unspecified atom stereocenters. The molecule has 0 saturated carbocycles. The number of halogens is 3. The number of amides is 1. The second-order valence-corrected chi connectivity index (χ2v) is 5.23. The van der Waals surface area contributed by atoms with Crippen molar-refractivity contribution in [3.8, 4) is 0 Å². The maximum absolute atomic E-state index is 13.8. The van der Waals surface area contributed by atoms with Crippen LogP contribution in [0.4, 0.5) is 8.78 Å². The van der Waals surface area contributed by atoms with E-state index in [1.54, 1.807) is 24.3 Å². The first-order valence-electron chi connectivity index (χ1n) is 6.63. The fraction of sp³-hybridized carbons (Fsp3) is 0.125. The lowest BCUT2D eigenvalue weighted by atomic mass is 10.1. The van der Waals surface area contributed by atoms with Gasteiger partial charge in [-0.2, -0.15) is 0 Å². The molecule has 0 atom stereocenters. The summed E-state index contributed by atoms with van der Waals surface area (Å²) in [6.07, 6.45) is 0. The van der Waals surface area contributed by atoms with Crippen LogP contribution < -0.4 is 0 Å². The SMILES string of the molecule is O=C(c1ccc(F)cc1F)N1CCN=C1c1cccc(Cl)c1. The highest BCUT2D eigenvalue weighted by Gasteiger charge is 2.27. The molecule has 3 nitrogen and oxygen atoms in total. The van der Waals surface area contributed by atoms with E-state index >= 15 is 0 Å². The molecular weight excluding hydrogens is 310 g/mol. The van der Waals surface area contributed by atoms with Crippen LogP contribution in [0.5, 0.6) is 0 Å². The third-order valence-corrected chi connectivity index (χ3v) is 3.57. The quantitative estimate of drug-likeness (QED) is 0.833. The molecule has 3 rings (SSSR count). The van der Waals surface area contributed by atoms with Crippen molar-refractivity contribution in [2.45, 2.75) is 0 Å². The minimum Gasteiger partial charge on any atom is -0.291 e. The molecule has 22 heavy (non-hydrogen) atoms. The van der Waals surface area contributed by atoms with Gasteiger partial charge in [-0.15, -0.1) is 0 Å². The molecule has 1 aliphatic rings. The van der Waals surface area contributed by atoms with E-state index in [1.807, 2.05) is 0 Å². The topological polar surface area (TPSA) is 32.7 Å². The van der Waals surface area contributed by atoms with Crippen LogP contribution in [0.2, 0.25) is 5.02 Å². The van der Waals surface area contributed by atoms with Gasteiger partial charge in [0.15, 0.2) is 0 Å². The lowest BCUT2D eigenvalue weighted by molar-refractivity contribution is 0.0854. The molecule has 0 bridgehead atoms. The summed E-state index contributed by atoms with van der Waals surface area (Å²) in [5.74, 6) is -1.72. The summed E-state index contributed by atoms with van der Waals surface area (Å²) in [5.41, 5.74) is 0.499. The fourth-order valence-electron chi connectivity index (χ4n) is 2.33. The number of nitrogens with zero attached hydrogens (tertiary/aromatic N) is 2. The van der Waals surface area contributed by atoms with Crippen LogP contribution in [0.1, 0.15) is 15.9 Å². The van der Waals surface area contributed by atoms with Crippen molar-refractivity contribution < 1.29 is 13.6 Å². The second kappa shape index (κ2) is 5.85. The molecule has 6 heteroatoms. The van der Waals surface area contributed by atoms with Crippen molar-refractivity contribution in [2.24, 2.45) is 4.99 Å². The highest BCUT2D eigenvalue weighted by molar-refractivity contribution is 6.31. The molecule has 0 spiro atoms. The lowest BCUT2D eigenvalue weighted by Crippen LogP contribution is -2.35. The minimum absolute atomic E-state index is 0.182. The normalized spacial score (nSPS) is 14.1. The Bertz CT molecular complexity index is 776. The smallest absolute Gasteiger partial charge is 0.262 e. The fourth-order valence-corrected chi connectivity index (χ4v) is 2.52. The number of hydrogen-bond acceptors (Lipinski definition) is 2. The summed E-state index contributed by atoms with van der Waals surface area (Å²) >= 11 is 5.95. The van der Waals surface area contributed by atoms with E-state index in [-0.39, 0.29) is 5.56 Å². The van der Waals surface area contributed by atoms with Gasteiger partial charge in [0.05, 0.1) is 12.1 Å². The van der Waals surface area contributed by atoms with E-state index in [1.165, 1.54) is 4.90 Å². The Morgan fingerprint density at radius 2 is 2.00 bits per heavy atom. The maximum Gasteiger partial charge on any atom is 0.262 e. The minimum atomic E-state index is -0.887. The van der Waals surface area contributed by atoms with E-state index in [9.17, 15) is 13.6 Å². The molecule has 1 aliphatic heterocycles. The van der Waals surface area contributed by atoms with Crippen LogP contribution >= 0.6 is 11.6 Å². The Morgan fingerprint density at radius 3 is 2.73 bits per heavy atom. The van der Waals surface area contributed by atoms with Gasteiger partial charge in [-0.05, 0) is 24.3 Å². The number of rotatable bonds is 2. The highest BCUT2D eigenvalue weighted by Crippen LogP contribution is 2.19. The van der Waals surface area contributed by atoms with Gasteiger partial charge in [-0.3, -0.25) is 14.7 Å². The van der Waals surface area contributed by atoms with Gasteiger partial charge in [0, 0.05) is 23.2 Å². The first kappa shape index (κ1) is 14.7. The molecule has 2 aromatic rings. The van der Waals surface area contributed by atoms with Crippen molar-refractivity contribution in [1.29, 1.82) is 0 Å². The van der Waals surface area contributed by atoms with Crippen molar-refractivity contribution in [3.63, 3.8) is 0 Å². The van der Waals surface area contributed by atoms with E-state index in [0.717, 1.165) is 12.1 Å². The van der Waals surface area contributed by atoms with Crippen LogP contribution in [0.3, 0.4) is 0 Å². The predicted molar refractivity (Wildman–Crippen MR) is 80.3 cm³/mol. The summed E-state index contributed by atoms with van der Waals surface area (Å²) in [6, 6.07) is 9.82. The molecule has 0 saturated heterocycles. The zero-order chi connectivity index (χ0) is 15.7. The summed E-state index contributed by atoms with van der Waals surface area (Å²) in [4.78, 5) is 18.2. The number of hydrogen-bond donors (Lipinski definition) is 0. The molecule has 0 aromatic heterocycles. The third-order valence-electron chi connectivity index (χ3n) is 3.33. The zero-order valence-corrected chi connectivity index (χ0v) is 12.1. The van der Waals surface area contributed by atoms with Gasteiger partial charge >= 0.3 is 0 Å². The van der Waals surface area contributed by atoms with Gasteiger partial charge in [0.25, 0.3) is 5.91 Å². The Labute approximate surface area is 130 Å². The molecule has 1 heterocycles. The number of benzene rings is 2. The first-order valence-corrected chi connectivity index (χ1v) is 7.01. The number of carbonyl (C=O) groups excluding carboxylic acids is 1. The monoisotopic (exact) mass is 320 g/mol. The lowest BCUT2D eigenvalue weighted by Gasteiger charge is -2.19. The van der Waals surface area contributed by atoms with Crippen molar-refractivity contribution >= 4 is 23.3 Å². The van der Waals surface area contributed by atoms with E-state index in [2.05, 4.69) is 4.99 Å². The van der Waals surface area contributed by atoms with Gasteiger partial charge < -0.3 is 0 Å². The molecule has 0 N–H and O–H groups in total. The predicted octanol–water partition coefficient (Wildman–Crippen LogP) is 3.52. The van der Waals surface area contributed by atoms with Crippen molar-refractivity contribution in [3.05, 3.63) is 70.2 Å². The number of amidine groups is 1. The standard InChI is InChI=1S/C16H11ClF2N2O/c17-11-3-1-2-10(8-11)15-20-6-7-21(15)16(22)13-5-4-12(18)9-14(13)19/h1-5,8-9H,6-7H2. The van der Waals surface area contributed by atoms with Crippen LogP contribution in [0, 0.1) is 11.6 Å². The Morgan fingerprint density at radius 1 is 1.18 bits per heavy atom. The summed E-state index contributed by atoms with van der Waals surface area (Å²) in [6.45, 7) is 0.772. The Hall–Kier alpha value is -2.27. The average Bonchev–Trinajstić information content (AvgIpc) is 2.96. The average molecular weight is 321 g/mol. The third kappa shape index (κ3) is 2.72. The van der Waals surface area contributed by atoms with Crippen LogP contribution in [-0.4, -0.2) is 29.7 Å². The zero-order valence-electron chi connectivity index (χ0n) is 11.4. The molecule has 0 aliphatic carbocycles. The van der Waals surface area contributed by atoms with Crippen molar-refractivity contribution in [1.82, 2.24) is 4.90 Å². The Balaban J connectivity index is 1.94. The molecule has 2 aromatic carbocycles. The molecule has 1 amide bonds. The maximum atomic E-state index is 13.8. The van der Waals surface area contributed by atoms with Gasteiger partial charge in [-0.25, -0.2) is 8.78 Å². The highest BCUT2D eigenvalue weighted by atomic mass is 35.5. The number of aliphatic imine (C=N–C) groups is 1. The number of carbonyl (C=O) groups is 1. The molecule has 112 valence electrons. The van der Waals surface area contributed by atoms with Crippen LogP contribution in [-0.2, 0) is 0 Å². The van der Waals surface area contributed by atoms with Gasteiger partial charge in [0.2, 0.25) is 0 Å². The van der Waals surface area contributed by atoms with E-state index in [0.29, 0.717) is 35.6 Å². The Kier molecular flexibility index (Phi) is 3.90. The summed E-state index contributed by atoms with van der Waals surface area (Å²) < 4.78 is 26.8. The van der Waals surface area contributed by atoms with Gasteiger partial charge in [0.1, 0.15) is 17.5 Å². The van der Waals surface area contributed by atoms with Crippen LogP contribution in [0.15, 0.2) is 47.5 Å². The molecule has 0 radical (unpaired) electrons. The first-order chi connectivity index (χ1) is 10.6. The summed E-state index contributed by atoms with van der Waals surface area (Å²) in [7, 11) is 0. The van der Waals surface area contributed by atoms with E-state index < -0.39 is 17.5 Å². The molecular formula is C16H11ClF2N2O. The van der Waals surface area contributed by atoms with Gasteiger partial charge in [-0.1, -0.05) is 23.7 Å². The van der Waals surface area contributed by atoms with Crippen LogP contribution in [0.25, 0.3) is 0 Å². The summed E-state index contributed by atoms with van der Waals surface area (Å²) in [5, 5.41) is 0.521. The van der Waals surface area contributed by atoms with Crippen molar-refractivity contribution in [2.75, 3.05) is 13.1 Å².